The molecule has 1 aliphatic rings. The van der Waals surface area contributed by atoms with Crippen LogP contribution in [0.4, 0.5) is 0 Å². The van der Waals surface area contributed by atoms with E-state index >= 15 is 0 Å². The first-order valence-corrected chi connectivity index (χ1v) is 12.4. The zero-order chi connectivity index (χ0) is 24.6. The molecule has 180 valence electrons. The summed E-state index contributed by atoms with van der Waals surface area (Å²) < 4.78 is 12.1. The van der Waals surface area contributed by atoms with Crippen molar-refractivity contribution in [3.05, 3.63) is 109 Å². The van der Waals surface area contributed by atoms with Gasteiger partial charge in [0.25, 0.3) is 0 Å². The Bertz CT molecular complexity index is 992. The number of hydrogen-bond donors (Lipinski definition) is 0. The van der Waals surface area contributed by atoms with Crippen LogP contribution >= 0.6 is 0 Å². The molecule has 0 heterocycles. The second kappa shape index (κ2) is 11.9. The van der Waals surface area contributed by atoms with Crippen LogP contribution < -0.4 is 9.47 Å². The fraction of sp³-hybridized carbons (Fsp3) is 0.375. The highest BCUT2D eigenvalue weighted by atomic mass is 16.5. The van der Waals surface area contributed by atoms with Crippen molar-refractivity contribution in [2.75, 3.05) is 13.2 Å². The van der Waals surface area contributed by atoms with Crippen LogP contribution in [-0.4, -0.2) is 13.2 Å². The molecule has 0 N–H and O–H groups in total. The fourth-order valence-electron chi connectivity index (χ4n) is 4.28. The number of rotatable bonds is 13. The molecule has 2 atom stereocenters. The molecule has 0 bridgehead atoms. The first-order valence-electron chi connectivity index (χ1n) is 12.4. The van der Waals surface area contributed by atoms with E-state index in [-0.39, 0.29) is 5.41 Å². The van der Waals surface area contributed by atoms with Gasteiger partial charge in [0.1, 0.15) is 11.5 Å². The molecule has 2 unspecified atom stereocenters. The summed E-state index contributed by atoms with van der Waals surface area (Å²) in [5.74, 6) is 2.80. The van der Waals surface area contributed by atoms with Gasteiger partial charge in [-0.15, -0.1) is 0 Å². The van der Waals surface area contributed by atoms with Crippen LogP contribution in [0.25, 0.3) is 0 Å². The highest BCUT2D eigenvalue weighted by Crippen LogP contribution is 2.34. The van der Waals surface area contributed by atoms with E-state index in [1.807, 2.05) is 12.2 Å². The summed E-state index contributed by atoms with van der Waals surface area (Å²) in [4.78, 5) is 0. The van der Waals surface area contributed by atoms with E-state index in [9.17, 15) is 0 Å². The van der Waals surface area contributed by atoms with E-state index < -0.39 is 0 Å². The van der Waals surface area contributed by atoms with Crippen LogP contribution in [0.2, 0.25) is 0 Å². The fourth-order valence-corrected chi connectivity index (χ4v) is 4.28. The molecule has 0 amide bonds. The third-order valence-electron chi connectivity index (χ3n) is 6.91. The minimum absolute atomic E-state index is 0.109. The minimum atomic E-state index is -0.109. The van der Waals surface area contributed by atoms with Crippen molar-refractivity contribution in [1.29, 1.82) is 0 Å². The van der Waals surface area contributed by atoms with Gasteiger partial charge >= 0.3 is 0 Å². The maximum atomic E-state index is 6.05. The first-order chi connectivity index (χ1) is 16.3. The normalized spacial score (nSPS) is 16.4. The van der Waals surface area contributed by atoms with Crippen LogP contribution in [-0.2, 0) is 5.41 Å². The zero-order valence-electron chi connectivity index (χ0n) is 21.2. The van der Waals surface area contributed by atoms with E-state index in [1.54, 1.807) is 0 Å². The van der Waals surface area contributed by atoms with E-state index in [4.69, 9.17) is 9.47 Å². The summed E-state index contributed by atoms with van der Waals surface area (Å²) in [6.07, 6.45) is 10.4. The standard InChI is InChI=1S/C32H40O2/c1-7-24(3)9-10-25(4)22-33-30-17-13-28(14-18-30)32(5,6)29-15-19-31(20-16-29)34-23-27-12-11-26(8-2)21-27/h7-8,13-21,25,27H,1-3,9-12,22-23H2,4-6H3. The largest absolute Gasteiger partial charge is 0.493 e. The Balaban J connectivity index is 1.53. The number of hydrogen-bond acceptors (Lipinski definition) is 2. The molecule has 1 aliphatic carbocycles. The lowest BCUT2D eigenvalue weighted by Gasteiger charge is -2.26. The van der Waals surface area contributed by atoms with Crippen molar-refractivity contribution in [3.8, 4) is 11.5 Å². The molecule has 2 heteroatoms. The highest BCUT2D eigenvalue weighted by Gasteiger charge is 2.23. The Hall–Kier alpha value is -3.00. The van der Waals surface area contributed by atoms with Gasteiger partial charge in [0.2, 0.25) is 0 Å². The van der Waals surface area contributed by atoms with Crippen molar-refractivity contribution >= 4 is 0 Å². The van der Waals surface area contributed by atoms with Gasteiger partial charge in [0, 0.05) is 11.3 Å². The van der Waals surface area contributed by atoms with Gasteiger partial charge in [0.05, 0.1) is 13.2 Å². The Kier molecular flexibility index (Phi) is 8.98. The second-order valence-electron chi connectivity index (χ2n) is 10.0. The van der Waals surface area contributed by atoms with Gasteiger partial charge in [-0.05, 0) is 67.0 Å². The Morgan fingerprint density at radius 2 is 1.59 bits per heavy atom. The smallest absolute Gasteiger partial charge is 0.119 e. The van der Waals surface area contributed by atoms with E-state index in [1.165, 1.54) is 16.7 Å². The lowest BCUT2D eigenvalue weighted by molar-refractivity contribution is 0.252. The van der Waals surface area contributed by atoms with Crippen molar-refractivity contribution in [2.24, 2.45) is 11.8 Å². The number of ether oxygens (including phenoxy) is 2. The van der Waals surface area contributed by atoms with Crippen LogP contribution in [0.3, 0.4) is 0 Å². The molecule has 2 aromatic carbocycles. The summed E-state index contributed by atoms with van der Waals surface area (Å²) in [5, 5.41) is 0. The lowest BCUT2D eigenvalue weighted by atomic mass is 9.78. The Morgan fingerprint density at radius 1 is 1.00 bits per heavy atom. The van der Waals surface area contributed by atoms with Gasteiger partial charge in [-0.1, -0.05) is 94.1 Å². The molecular weight excluding hydrogens is 416 g/mol. The monoisotopic (exact) mass is 456 g/mol. The molecule has 0 saturated carbocycles. The molecule has 2 aromatic rings. The van der Waals surface area contributed by atoms with Gasteiger partial charge in [-0.3, -0.25) is 0 Å². The molecule has 34 heavy (non-hydrogen) atoms. The predicted octanol–water partition coefficient (Wildman–Crippen LogP) is 8.45. The minimum Gasteiger partial charge on any atom is -0.493 e. The average molecular weight is 457 g/mol. The number of benzene rings is 2. The topological polar surface area (TPSA) is 18.5 Å². The average Bonchev–Trinajstić information content (AvgIpc) is 3.33. The van der Waals surface area contributed by atoms with Crippen LogP contribution in [0.1, 0.15) is 57.6 Å². The summed E-state index contributed by atoms with van der Waals surface area (Å²) in [7, 11) is 0. The number of allylic oxidation sites excluding steroid dienone is 4. The predicted molar refractivity (Wildman–Crippen MR) is 145 cm³/mol. The molecule has 0 saturated heterocycles. The van der Waals surface area contributed by atoms with Crippen LogP contribution in [0, 0.1) is 11.8 Å². The summed E-state index contributed by atoms with van der Waals surface area (Å²) in [6, 6.07) is 17.0. The van der Waals surface area contributed by atoms with Crippen LogP contribution in [0.5, 0.6) is 11.5 Å². The van der Waals surface area contributed by atoms with E-state index in [2.05, 4.69) is 95.1 Å². The van der Waals surface area contributed by atoms with Gasteiger partial charge in [-0.25, -0.2) is 0 Å². The molecule has 3 rings (SSSR count). The van der Waals surface area contributed by atoms with Crippen molar-refractivity contribution in [2.45, 2.75) is 51.9 Å². The molecule has 2 nitrogen and oxygen atoms in total. The molecule has 0 spiro atoms. The lowest BCUT2D eigenvalue weighted by Crippen LogP contribution is -2.19. The second-order valence-corrected chi connectivity index (χ2v) is 10.0. The van der Waals surface area contributed by atoms with Gasteiger partial charge < -0.3 is 9.47 Å². The van der Waals surface area contributed by atoms with Crippen LogP contribution in [0.15, 0.2) is 97.6 Å². The molecule has 0 radical (unpaired) electrons. The van der Waals surface area contributed by atoms with E-state index in [0.717, 1.165) is 49.4 Å². The Labute approximate surface area is 206 Å². The highest BCUT2D eigenvalue weighted by molar-refractivity contribution is 5.42. The maximum Gasteiger partial charge on any atom is 0.119 e. The Morgan fingerprint density at radius 3 is 2.12 bits per heavy atom. The van der Waals surface area contributed by atoms with E-state index in [0.29, 0.717) is 18.4 Å². The molecule has 0 fully saturated rings. The third kappa shape index (κ3) is 7.00. The SMILES string of the molecule is C=CC(=C)CCC(C)COc1ccc(C(C)(C)c2ccc(OCC3C=C(C=C)CC3)cc2)cc1. The zero-order valence-corrected chi connectivity index (χ0v) is 21.2. The quantitative estimate of drug-likeness (QED) is 0.281. The third-order valence-corrected chi connectivity index (χ3v) is 6.91. The van der Waals surface area contributed by atoms with Crippen molar-refractivity contribution < 1.29 is 9.47 Å². The summed E-state index contributed by atoms with van der Waals surface area (Å²) in [6.45, 7) is 19.8. The van der Waals surface area contributed by atoms with Gasteiger partial charge in [0.15, 0.2) is 0 Å². The summed E-state index contributed by atoms with van der Waals surface area (Å²) >= 11 is 0. The molecule has 0 aromatic heterocycles. The first kappa shape index (κ1) is 25.6. The maximum absolute atomic E-state index is 6.05. The van der Waals surface area contributed by atoms with Crippen molar-refractivity contribution in [3.63, 3.8) is 0 Å². The van der Waals surface area contributed by atoms with Gasteiger partial charge in [-0.2, -0.15) is 0 Å². The van der Waals surface area contributed by atoms with Crippen molar-refractivity contribution in [1.82, 2.24) is 0 Å². The summed E-state index contributed by atoms with van der Waals surface area (Å²) in [5.41, 5.74) is 4.84. The molecular formula is C32H40O2. The molecule has 0 aliphatic heterocycles.